The van der Waals surface area contributed by atoms with E-state index in [2.05, 4.69) is 10.3 Å². The van der Waals surface area contributed by atoms with E-state index >= 15 is 0 Å². The summed E-state index contributed by atoms with van der Waals surface area (Å²) >= 11 is 0. The number of hydrogen-bond acceptors (Lipinski definition) is 2. The Kier molecular flexibility index (Phi) is 3.45. The molecular formula is C10H15N3O. The fourth-order valence-corrected chi connectivity index (χ4v) is 1.03. The SMILES string of the molecule is CC(NC(=O)N(C)C)c1cccnc1. The number of nitrogens with one attached hydrogen (secondary N) is 1. The number of urea groups is 1. The normalized spacial score (nSPS) is 11.9. The molecule has 0 saturated carbocycles. The second kappa shape index (κ2) is 4.60. The molecule has 4 nitrogen and oxygen atoms in total. The van der Waals surface area contributed by atoms with Crippen LogP contribution in [-0.2, 0) is 0 Å². The minimum absolute atomic E-state index is 0.0152. The van der Waals surface area contributed by atoms with Gasteiger partial charge in [-0.15, -0.1) is 0 Å². The summed E-state index contributed by atoms with van der Waals surface area (Å²) in [6, 6.07) is 3.68. The maximum absolute atomic E-state index is 11.3. The van der Waals surface area contributed by atoms with Crippen molar-refractivity contribution in [1.29, 1.82) is 0 Å². The van der Waals surface area contributed by atoms with Crippen LogP contribution in [0.2, 0.25) is 0 Å². The Balaban J connectivity index is 2.59. The smallest absolute Gasteiger partial charge is 0.317 e. The molecule has 4 heteroatoms. The van der Waals surface area contributed by atoms with Crippen molar-refractivity contribution in [3.8, 4) is 0 Å². The van der Waals surface area contributed by atoms with Gasteiger partial charge in [0.05, 0.1) is 6.04 Å². The van der Waals surface area contributed by atoms with Crippen molar-refractivity contribution < 1.29 is 4.79 Å². The Bertz CT molecular complexity index is 297. The molecule has 1 atom stereocenters. The van der Waals surface area contributed by atoms with Gasteiger partial charge in [0, 0.05) is 26.5 Å². The fourth-order valence-electron chi connectivity index (χ4n) is 1.03. The van der Waals surface area contributed by atoms with Gasteiger partial charge in [-0.05, 0) is 18.6 Å². The molecule has 0 radical (unpaired) electrons. The predicted molar refractivity (Wildman–Crippen MR) is 54.9 cm³/mol. The van der Waals surface area contributed by atoms with E-state index < -0.39 is 0 Å². The van der Waals surface area contributed by atoms with E-state index in [9.17, 15) is 4.79 Å². The van der Waals surface area contributed by atoms with Crippen LogP contribution in [0.15, 0.2) is 24.5 Å². The summed E-state index contributed by atoms with van der Waals surface area (Å²) in [6.45, 7) is 1.93. The van der Waals surface area contributed by atoms with Crippen LogP contribution in [0.25, 0.3) is 0 Å². The lowest BCUT2D eigenvalue weighted by molar-refractivity contribution is 0.214. The predicted octanol–water partition coefficient (Wildman–Crippen LogP) is 1.41. The van der Waals surface area contributed by atoms with Crippen LogP contribution in [0.5, 0.6) is 0 Å². The summed E-state index contributed by atoms with van der Waals surface area (Å²) in [5.41, 5.74) is 1.00. The highest BCUT2D eigenvalue weighted by atomic mass is 16.2. The topological polar surface area (TPSA) is 45.2 Å². The molecule has 0 fully saturated rings. The Morgan fingerprint density at radius 3 is 2.79 bits per heavy atom. The van der Waals surface area contributed by atoms with E-state index in [0.717, 1.165) is 5.56 Å². The molecule has 0 spiro atoms. The van der Waals surface area contributed by atoms with Gasteiger partial charge in [0.2, 0.25) is 0 Å². The lowest BCUT2D eigenvalue weighted by Crippen LogP contribution is -2.36. The number of carbonyl (C=O) groups excluding carboxylic acids is 1. The van der Waals surface area contributed by atoms with Crippen molar-refractivity contribution in [2.45, 2.75) is 13.0 Å². The van der Waals surface area contributed by atoms with Gasteiger partial charge in [0.15, 0.2) is 0 Å². The highest BCUT2D eigenvalue weighted by Crippen LogP contribution is 2.09. The lowest BCUT2D eigenvalue weighted by Gasteiger charge is -2.17. The zero-order valence-corrected chi connectivity index (χ0v) is 8.69. The molecule has 1 unspecified atom stereocenters. The number of carbonyl (C=O) groups is 1. The summed E-state index contributed by atoms with van der Waals surface area (Å²) in [5.74, 6) is 0. The van der Waals surface area contributed by atoms with Crippen LogP contribution in [0.3, 0.4) is 0 Å². The summed E-state index contributed by atoms with van der Waals surface area (Å²) in [7, 11) is 3.43. The Morgan fingerprint density at radius 2 is 2.29 bits per heavy atom. The van der Waals surface area contributed by atoms with Crippen LogP contribution in [0, 0.1) is 0 Å². The van der Waals surface area contributed by atoms with E-state index in [1.165, 1.54) is 4.90 Å². The van der Waals surface area contributed by atoms with Gasteiger partial charge in [-0.3, -0.25) is 4.98 Å². The van der Waals surface area contributed by atoms with E-state index in [1.54, 1.807) is 26.5 Å². The third kappa shape index (κ3) is 2.73. The van der Waals surface area contributed by atoms with Crippen molar-refractivity contribution in [3.63, 3.8) is 0 Å². The van der Waals surface area contributed by atoms with Crippen LogP contribution >= 0.6 is 0 Å². The Labute approximate surface area is 83.9 Å². The summed E-state index contributed by atoms with van der Waals surface area (Å²) in [4.78, 5) is 16.8. The Morgan fingerprint density at radius 1 is 1.57 bits per heavy atom. The average molecular weight is 193 g/mol. The monoisotopic (exact) mass is 193 g/mol. The first-order valence-corrected chi connectivity index (χ1v) is 4.49. The lowest BCUT2D eigenvalue weighted by atomic mass is 10.1. The average Bonchev–Trinajstić information content (AvgIpc) is 2.19. The standard InChI is InChI=1S/C10H15N3O/c1-8(12-10(14)13(2)3)9-5-4-6-11-7-9/h4-8H,1-3H3,(H,12,14). The van der Waals surface area contributed by atoms with Crippen LogP contribution in [0.1, 0.15) is 18.5 Å². The number of pyridine rings is 1. The minimum atomic E-state index is -0.0960. The molecule has 1 rings (SSSR count). The van der Waals surface area contributed by atoms with Crippen molar-refractivity contribution in [2.24, 2.45) is 0 Å². The van der Waals surface area contributed by atoms with E-state index in [4.69, 9.17) is 0 Å². The van der Waals surface area contributed by atoms with Crippen molar-refractivity contribution in [3.05, 3.63) is 30.1 Å². The van der Waals surface area contributed by atoms with Crippen molar-refractivity contribution in [2.75, 3.05) is 14.1 Å². The third-order valence-corrected chi connectivity index (χ3v) is 1.93. The second-order valence-electron chi connectivity index (χ2n) is 3.35. The maximum atomic E-state index is 11.3. The molecule has 1 N–H and O–H groups in total. The molecule has 1 aromatic heterocycles. The van der Waals surface area contributed by atoms with Gasteiger partial charge in [-0.25, -0.2) is 4.79 Å². The van der Waals surface area contributed by atoms with E-state index in [-0.39, 0.29) is 12.1 Å². The van der Waals surface area contributed by atoms with E-state index in [1.807, 2.05) is 19.1 Å². The Hall–Kier alpha value is -1.58. The zero-order valence-electron chi connectivity index (χ0n) is 8.69. The van der Waals surface area contributed by atoms with Gasteiger partial charge < -0.3 is 10.2 Å². The minimum Gasteiger partial charge on any atom is -0.331 e. The van der Waals surface area contributed by atoms with Crippen LogP contribution in [-0.4, -0.2) is 30.0 Å². The third-order valence-electron chi connectivity index (χ3n) is 1.93. The van der Waals surface area contributed by atoms with Gasteiger partial charge in [0.25, 0.3) is 0 Å². The highest BCUT2D eigenvalue weighted by molar-refractivity contribution is 5.73. The molecule has 1 heterocycles. The molecule has 0 saturated heterocycles. The van der Waals surface area contributed by atoms with E-state index in [0.29, 0.717) is 0 Å². The first kappa shape index (κ1) is 10.5. The quantitative estimate of drug-likeness (QED) is 0.772. The molecule has 0 aliphatic heterocycles. The van der Waals surface area contributed by atoms with Gasteiger partial charge in [-0.2, -0.15) is 0 Å². The number of amides is 2. The maximum Gasteiger partial charge on any atom is 0.317 e. The highest BCUT2D eigenvalue weighted by Gasteiger charge is 2.09. The van der Waals surface area contributed by atoms with Crippen LogP contribution < -0.4 is 5.32 Å². The molecule has 0 aliphatic rings. The summed E-state index contributed by atoms with van der Waals surface area (Å²) in [5, 5.41) is 2.84. The molecule has 0 aliphatic carbocycles. The molecular weight excluding hydrogens is 178 g/mol. The van der Waals surface area contributed by atoms with Crippen LogP contribution in [0.4, 0.5) is 4.79 Å². The number of rotatable bonds is 2. The molecule has 76 valence electrons. The van der Waals surface area contributed by atoms with Gasteiger partial charge >= 0.3 is 6.03 Å². The largest absolute Gasteiger partial charge is 0.331 e. The summed E-state index contributed by atoms with van der Waals surface area (Å²) < 4.78 is 0. The number of hydrogen-bond donors (Lipinski definition) is 1. The molecule has 1 aromatic rings. The van der Waals surface area contributed by atoms with Gasteiger partial charge in [-0.1, -0.05) is 6.07 Å². The summed E-state index contributed by atoms with van der Waals surface area (Å²) in [6.07, 6.45) is 3.46. The first-order valence-electron chi connectivity index (χ1n) is 4.49. The molecule has 0 bridgehead atoms. The fraction of sp³-hybridized carbons (Fsp3) is 0.400. The first-order chi connectivity index (χ1) is 6.61. The van der Waals surface area contributed by atoms with Crippen molar-refractivity contribution >= 4 is 6.03 Å². The number of aromatic nitrogens is 1. The molecule has 0 aromatic carbocycles. The van der Waals surface area contributed by atoms with Crippen molar-refractivity contribution in [1.82, 2.24) is 15.2 Å². The van der Waals surface area contributed by atoms with Gasteiger partial charge in [0.1, 0.15) is 0 Å². The number of nitrogens with zero attached hydrogens (tertiary/aromatic N) is 2. The molecule has 14 heavy (non-hydrogen) atoms. The molecule has 2 amide bonds. The second-order valence-corrected chi connectivity index (χ2v) is 3.35. The zero-order chi connectivity index (χ0) is 10.6.